The van der Waals surface area contributed by atoms with Crippen molar-refractivity contribution >= 4 is 54.8 Å². The highest BCUT2D eigenvalue weighted by molar-refractivity contribution is 7.20. The summed E-state index contributed by atoms with van der Waals surface area (Å²) in [7, 11) is 0. The van der Waals surface area contributed by atoms with E-state index in [2.05, 4.69) is 45.5 Å². The number of hydrogen-bond donors (Lipinski definition) is 1. The largest absolute Gasteiger partial charge is 0.353 e. The van der Waals surface area contributed by atoms with Crippen LogP contribution in [0.4, 0.5) is 5.82 Å². The average molecular weight is 530 g/mol. The number of carbonyl (C=O) groups is 1. The number of nitrogens with zero attached hydrogens (tertiary/aromatic N) is 4. The second-order valence-electron chi connectivity index (χ2n) is 10.3. The number of anilines is 1. The van der Waals surface area contributed by atoms with Crippen molar-refractivity contribution in [1.82, 2.24) is 14.6 Å². The van der Waals surface area contributed by atoms with E-state index in [1.165, 1.54) is 47.2 Å². The number of benzene rings is 2. The van der Waals surface area contributed by atoms with Crippen LogP contribution in [-0.2, 0) is 0 Å². The van der Waals surface area contributed by atoms with Crippen LogP contribution >= 0.6 is 22.9 Å². The average Bonchev–Trinajstić information content (AvgIpc) is 3.57. The summed E-state index contributed by atoms with van der Waals surface area (Å²) in [4.78, 5) is 18.6. The van der Waals surface area contributed by atoms with E-state index in [1.54, 1.807) is 11.5 Å². The van der Waals surface area contributed by atoms with Gasteiger partial charge in [-0.1, -0.05) is 12.1 Å². The molecule has 2 fully saturated rings. The van der Waals surface area contributed by atoms with Gasteiger partial charge in [-0.05, 0) is 97.9 Å². The minimum atomic E-state index is 0.0221. The van der Waals surface area contributed by atoms with E-state index in [0.717, 1.165) is 65.7 Å². The fourth-order valence-corrected chi connectivity index (χ4v) is 7.47. The predicted molar refractivity (Wildman–Crippen MR) is 153 cm³/mol. The van der Waals surface area contributed by atoms with Crippen LogP contribution in [0.1, 0.15) is 47.3 Å². The van der Waals surface area contributed by atoms with Crippen LogP contribution in [0.3, 0.4) is 0 Å². The van der Waals surface area contributed by atoms with E-state index in [1.807, 2.05) is 24.3 Å². The Labute approximate surface area is 225 Å². The third-order valence-corrected chi connectivity index (χ3v) is 9.87. The number of amides is 1. The molecule has 190 valence electrons. The van der Waals surface area contributed by atoms with Gasteiger partial charge in [-0.2, -0.15) is 9.64 Å². The van der Waals surface area contributed by atoms with Gasteiger partial charge in [0.15, 0.2) is 0 Å². The van der Waals surface area contributed by atoms with Crippen LogP contribution < -0.4 is 10.2 Å². The molecule has 37 heavy (non-hydrogen) atoms. The van der Waals surface area contributed by atoms with E-state index >= 15 is 0 Å². The van der Waals surface area contributed by atoms with Crippen LogP contribution in [0.2, 0.25) is 0 Å². The van der Waals surface area contributed by atoms with Gasteiger partial charge in [-0.25, -0.2) is 0 Å². The molecule has 8 heteroatoms. The maximum atomic E-state index is 12.9. The van der Waals surface area contributed by atoms with Gasteiger partial charge in [0.2, 0.25) is 0 Å². The summed E-state index contributed by atoms with van der Waals surface area (Å²) in [5, 5.41) is 14.6. The Morgan fingerprint density at radius 3 is 2.65 bits per heavy atom. The third-order valence-electron chi connectivity index (χ3n) is 7.93. The van der Waals surface area contributed by atoms with Crippen LogP contribution in [0.15, 0.2) is 48.5 Å². The summed E-state index contributed by atoms with van der Waals surface area (Å²) in [6.07, 6.45) is 5.74. The van der Waals surface area contributed by atoms with Gasteiger partial charge < -0.3 is 10.2 Å². The number of aromatic nitrogens is 1. The first-order valence-corrected chi connectivity index (χ1v) is 14.8. The molecule has 0 unspecified atom stereocenters. The summed E-state index contributed by atoms with van der Waals surface area (Å²) in [6.45, 7) is 5.45. The standard InChI is InChI=1S/C29H31N5OS2/c30-19-21-7-10-25-22(17-21)18-27(36-25)29(35)31-23-8-5-20(6-9-23)11-12-33-13-15-34(16-14-33)28-24-3-1-2-4-26(24)37-32-28/h1-4,7,10,17-18,20,23H,5-6,8-9,11-16H2,(H,31,35). The highest BCUT2D eigenvalue weighted by Crippen LogP contribution is 2.31. The Bertz CT molecular complexity index is 1440. The first-order chi connectivity index (χ1) is 18.2. The molecule has 2 aromatic heterocycles. The molecule has 0 bridgehead atoms. The minimum absolute atomic E-state index is 0.0221. The van der Waals surface area contributed by atoms with Gasteiger partial charge in [0.1, 0.15) is 5.82 Å². The number of piperazine rings is 1. The van der Waals surface area contributed by atoms with E-state index in [0.29, 0.717) is 5.56 Å². The Morgan fingerprint density at radius 1 is 1.03 bits per heavy atom. The van der Waals surface area contributed by atoms with Crippen molar-refractivity contribution in [2.75, 3.05) is 37.6 Å². The molecule has 3 heterocycles. The fraction of sp³-hybridized carbons (Fsp3) is 0.414. The van der Waals surface area contributed by atoms with E-state index in [9.17, 15) is 4.79 Å². The minimum Gasteiger partial charge on any atom is -0.353 e. The zero-order chi connectivity index (χ0) is 25.2. The molecule has 4 aromatic rings. The highest BCUT2D eigenvalue weighted by Gasteiger charge is 2.25. The molecule has 1 aliphatic heterocycles. The van der Waals surface area contributed by atoms with E-state index in [4.69, 9.17) is 9.64 Å². The van der Waals surface area contributed by atoms with Gasteiger partial charge in [-0.3, -0.25) is 9.69 Å². The lowest BCUT2D eigenvalue weighted by molar-refractivity contribution is 0.0924. The van der Waals surface area contributed by atoms with Crippen molar-refractivity contribution in [2.24, 2.45) is 5.92 Å². The van der Waals surface area contributed by atoms with Gasteiger partial charge in [-0.15, -0.1) is 11.3 Å². The Hall–Kier alpha value is -2.99. The van der Waals surface area contributed by atoms with Gasteiger partial charge in [0.05, 0.1) is 21.2 Å². The second kappa shape index (κ2) is 10.8. The molecule has 1 saturated heterocycles. The lowest BCUT2D eigenvalue weighted by atomic mass is 9.84. The molecule has 0 radical (unpaired) electrons. The van der Waals surface area contributed by atoms with Crippen molar-refractivity contribution in [3.63, 3.8) is 0 Å². The first-order valence-electron chi connectivity index (χ1n) is 13.2. The maximum absolute atomic E-state index is 12.9. The number of nitrogens with one attached hydrogen (secondary N) is 1. The van der Waals surface area contributed by atoms with Crippen molar-refractivity contribution in [2.45, 2.75) is 38.1 Å². The molecular formula is C29H31N5OS2. The number of nitriles is 1. The topological polar surface area (TPSA) is 72.3 Å². The van der Waals surface area contributed by atoms with E-state index in [-0.39, 0.29) is 11.9 Å². The molecule has 0 spiro atoms. The predicted octanol–water partition coefficient (Wildman–Crippen LogP) is 5.88. The van der Waals surface area contributed by atoms with E-state index < -0.39 is 0 Å². The highest BCUT2D eigenvalue weighted by atomic mass is 32.1. The van der Waals surface area contributed by atoms with Crippen LogP contribution in [0, 0.1) is 17.2 Å². The molecule has 0 atom stereocenters. The Kier molecular flexibility index (Phi) is 7.10. The zero-order valence-electron chi connectivity index (χ0n) is 20.9. The first kappa shape index (κ1) is 24.4. The summed E-state index contributed by atoms with van der Waals surface area (Å²) >= 11 is 3.10. The van der Waals surface area contributed by atoms with Crippen molar-refractivity contribution in [3.8, 4) is 6.07 Å². The molecule has 1 saturated carbocycles. The van der Waals surface area contributed by atoms with Gasteiger partial charge >= 0.3 is 0 Å². The molecule has 2 aliphatic rings. The van der Waals surface area contributed by atoms with Gasteiger partial charge in [0, 0.05) is 42.3 Å². The second-order valence-corrected chi connectivity index (χ2v) is 12.2. The fourth-order valence-electron chi connectivity index (χ4n) is 5.73. The van der Waals surface area contributed by atoms with Crippen molar-refractivity contribution in [3.05, 3.63) is 59.0 Å². The number of rotatable bonds is 6. The summed E-state index contributed by atoms with van der Waals surface area (Å²) in [5.41, 5.74) is 0.630. The van der Waals surface area contributed by atoms with Crippen LogP contribution in [0.5, 0.6) is 0 Å². The smallest absolute Gasteiger partial charge is 0.261 e. The van der Waals surface area contributed by atoms with Crippen LogP contribution in [0.25, 0.3) is 20.2 Å². The Morgan fingerprint density at radius 2 is 1.84 bits per heavy atom. The number of fused-ring (bicyclic) bond motifs is 2. The van der Waals surface area contributed by atoms with Crippen molar-refractivity contribution < 1.29 is 4.79 Å². The number of hydrogen-bond acceptors (Lipinski definition) is 7. The lowest BCUT2D eigenvalue weighted by Crippen LogP contribution is -2.47. The molecule has 1 aliphatic carbocycles. The number of thiophene rings is 1. The molecule has 2 aromatic carbocycles. The summed E-state index contributed by atoms with van der Waals surface area (Å²) in [5.74, 6) is 1.93. The van der Waals surface area contributed by atoms with Crippen molar-refractivity contribution in [1.29, 1.82) is 5.26 Å². The molecular weight excluding hydrogens is 498 g/mol. The van der Waals surface area contributed by atoms with Crippen LogP contribution in [-0.4, -0.2) is 53.9 Å². The summed E-state index contributed by atoms with van der Waals surface area (Å²) in [6, 6.07) is 18.5. The Balaban J connectivity index is 0.935. The SMILES string of the molecule is N#Cc1ccc2sc(C(=O)NC3CCC(CCN4CCN(c5nsc6ccccc56)CC4)CC3)cc2c1. The quantitative estimate of drug-likeness (QED) is 0.338. The van der Waals surface area contributed by atoms with Gasteiger partial charge in [0.25, 0.3) is 5.91 Å². The third kappa shape index (κ3) is 5.35. The molecule has 6 rings (SSSR count). The number of carbonyl (C=O) groups excluding carboxylic acids is 1. The maximum Gasteiger partial charge on any atom is 0.261 e. The molecule has 1 amide bonds. The lowest BCUT2D eigenvalue weighted by Gasteiger charge is -2.36. The zero-order valence-corrected chi connectivity index (χ0v) is 22.5. The normalized spacial score (nSPS) is 20.8. The molecule has 6 nitrogen and oxygen atoms in total. The summed E-state index contributed by atoms with van der Waals surface area (Å²) < 4.78 is 7.05. The monoisotopic (exact) mass is 529 g/mol. The molecule has 1 N–H and O–H groups in total.